The largest absolute Gasteiger partial charge is 0.427 e. The average Bonchev–Trinajstić information content (AvgIpc) is 2.92. The van der Waals surface area contributed by atoms with Crippen molar-refractivity contribution in [3.63, 3.8) is 0 Å². The van der Waals surface area contributed by atoms with E-state index in [1.807, 2.05) is 0 Å². The third-order valence-electron chi connectivity index (χ3n) is 2.66. The number of carbonyl (C=O) groups is 1. The lowest BCUT2D eigenvalue weighted by molar-refractivity contribution is -0.134. The minimum Gasteiger partial charge on any atom is -0.360 e. The van der Waals surface area contributed by atoms with Gasteiger partial charge in [-0.05, 0) is 12.1 Å². The van der Waals surface area contributed by atoms with Crippen LogP contribution in [0.3, 0.4) is 0 Å². The Hall–Kier alpha value is -2.23. The first kappa shape index (κ1) is 17.1. The van der Waals surface area contributed by atoms with E-state index in [4.69, 9.17) is 0 Å². The number of halogens is 5. The van der Waals surface area contributed by atoms with Crippen molar-refractivity contribution in [2.24, 2.45) is 0 Å². The van der Waals surface area contributed by atoms with Gasteiger partial charge in [0, 0.05) is 13.1 Å². The lowest BCUT2D eigenvalue weighted by Crippen LogP contribution is -2.30. The van der Waals surface area contributed by atoms with E-state index in [0.29, 0.717) is 17.5 Å². The summed E-state index contributed by atoms with van der Waals surface area (Å²) in [6.45, 7) is 0.000160. The van der Waals surface area contributed by atoms with E-state index < -0.39 is 34.2 Å². The Morgan fingerprint density at radius 1 is 1.17 bits per heavy atom. The molecule has 23 heavy (non-hydrogen) atoms. The van der Waals surface area contributed by atoms with Gasteiger partial charge >= 0.3 is 6.18 Å². The molecule has 2 rings (SSSR count). The topological polar surface area (TPSA) is 54.0 Å². The molecular weight excluding hydrogens is 341 g/mol. The molecule has 0 spiro atoms. The minimum absolute atomic E-state index is 0.0312. The molecule has 1 aromatic carbocycles. The molecule has 0 radical (unpaired) electrons. The van der Waals surface area contributed by atoms with E-state index in [-0.39, 0.29) is 18.2 Å². The molecule has 0 atom stereocenters. The Kier molecular flexibility index (Phi) is 5.14. The Bertz CT molecular complexity index is 681. The van der Waals surface area contributed by atoms with Crippen molar-refractivity contribution in [2.75, 3.05) is 18.4 Å². The van der Waals surface area contributed by atoms with Crippen LogP contribution in [0.15, 0.2) is 24.4 Å². The Morgan fingerprint density at radius 3 is 2.39 bits per heavy atom. The number of thiazole rings is 1. The Labute approximate surface area is 131 Å². The molecule has 0 saturated heterocycles. The average molecular weight is 351 g/mol. The number of benzene rings is 1. The number of nitrogens with zero attached hydrogens (tertiary/aromatic N) is 1. The first-order valence-corrected chi connectivity index (χ1v) is 7.10. The van der Waals surface area contributed by atoms with Crippen LogP contribution in [0.25, 0.3) is 0 Å². The summed E-state index contributed by atoms with van der Waals surface area (Å²) in [5, 5.41) is 4.87. The van der Waals surface area contributed by atoms with Crippen LogP contribution in [0.1, 0.15) is 15.2 Å². The summed E-state index contributed by atoms with van der Waals surface area (Å²) in [4.78, 5) is 14.3. The maximum Gasteiger partial charge on any atom is 0.427 e. The highest BCUT2D eigenvalue weighted by atomic mass is 32.1. The number of aromatic nitrogens is 1. The maximum atomic E-state index is 13.4. The predicted octanol–water partition coefficient (Wildman–Crippen LogP) is 3.28. The number of nitrogens with one attached hydrogen (secondary N) is 2. The molecule has 10 heteroatoms. The maximum absolute atomic E-state index is 13.4. The number of rotatable bonds is 5. The van der Waals surface area contributed by atoms with Crippen molar-refractivity contribution in [3.8, 4) is 0 Å². The highest BCUT2D eigenvalue weighted by Crippen LogP contribution is 2.34. The van der Waals surface area contributed by atoms with Crippen molar-refractivity contribution < 1.29 is 26.7 Å². The molecule has 4 nitrogen and oxygen atoms in total. The van der Waals surface area contributed by atoms with E-state index in [0.717, 1.165) is 18.2 Å². The molecule has 124 valence electrons. The summed E-state index contributed by atoms with van der Waals surface area (Å²) in [5.41, 5.74) is -0.707. The van der Waals surface area contributed by atoms with Gasteiger partial charge in [0.1, 0.15) is 22.1 Å². The van der Waals surface area contributed by atoms with Gasteiger partial charge in [-0.3, -0.25) is 4.79 Å². The molecule has 1 amide bonds. The molecule has 0 aliphatic heterocycles. The van der Waals surface area contributed by atoms with Crippen LogP contribution in [-0.4, -0.2) is 24.0 Å². The zero-order chi connectivity index (χ0) is 17.0. The summed E-state index contributed by atoms with van der Waals surface area (Å²) in [5.74, 6) is -2.94. The highest BCUT2D eigenvalue weighted by Gasteiger charge is 2.33. The van der Waals surface area contributed by atoms with E-state index >= 15 is 0 Å². The molecule has 0 fully saturated rings. The van der Waals surface area contributed by atoms with Gasteiger partial charge in [0.25, 0.3) is 5.91 Å². The summed E-state index contributed by atoms with van der Waals surface area (Å²) in [6, 6.07) is 3.03. The molecule has 0 saturated carbocycles. The minimum atomic E-state index is -4.46. The van der Waals surface area contributed by atoms with Crippen molar-refractivity contribution in [2.45, 2.75) is 6.18 Å². The molecule has 0 aliphatic rings. The normalized spacial score (nSPS) is 11.3. The van der Waals surface area contributed by atoms with Crippen LogP contribution in [-0.2, 0) is 6.18 Å². The highest BCUT2D eigenvalue weighted by molar-refractivity contribution is 7.15. The Morgan fingerprint density at radius 2 is 1.83 bits per heavy atom. The zero-order valence-electron chi connectivity index (χ0n) is 11.4. The van der Waals surface area contributed by atoms with Crippen molar-refractivity contribution in [1.82, 2.24) is 10.3 Å². The second-order valence-corrected chi connectivity index (χ2v) is 5.34. The lowest BCUT2D eigenvalue weighted by atomic mass is 10.2. The second-order valence-electron chi connectivity index (χ2n) is 4.31. The van der Waals surface area contributed by atoms with Gasteiger partial charge < -0.3 is 10.6 Å². The van der Waals surface area contributed by atoms with Crippen LogP contribution in [0.4, 0.5) is 27.1 Å². The van der Waals surface area contributed by atoms with Crippen LogP contribution < -0.4 is 10.6 Å². The molecule has 1 heterocycles. The van der Waals surface area contributed by atoms with Gasteiger partial charge in [-0.2, -0.15) is 13.2 Å². The third kappa shape index (κ3) is 4.38. The molecular formula is C13H10F5N3OS. The quantitative estimate of drug-likeness (QED) is 0.642. The van der Waals surface area contributed by atoms with Gasteiger partial charge in [0.05, 0.1) is 6.20 Å². The number of carbonyl (C=O) groups excluding carboxylic acids is 1. The first-order chi connectivity index (χ1) is 10.8. The van der Waals surface area contributed by atoms with E-state index in [2.05, 4.69) is 15.6 Å². The van der Waals surface area contributed by atoms with Gasteiger partial charge in [-0.15, -0.1) is 0 Å². The summed E-state index contributed by atoms with van der Waals surface area (Å²) in [6.07, 6.45) is -3.77. The molecule has 0 aliphatic carbocycles. The van der Waals surface area contributed by atoms with Crippen LogP contribution in [0, 0.1) is 11.6 Å². The fourth-order valence-corrected chi connectivity index (χ4v) is 2.34. The number of alkyl halides is 3. The van der Waals surface area contributed by atoms with Crippen LogP contribution in [0.2, 0.25) is 0 Å². The van der Waals surface area contributed by atoms with Gasteiger partial charge in [-0.1, -0.05) is 17.4 Å². The summed E-state index contributed by atoms with van der Waals surface area (Å²) in [7, 11) is 0. The SMILES string of the molecule is O=C(NCCNc1ncc(C(F)(F)F)s1)c1c(F)cccc1F. The summed E-state index contributed by atoms with van der Waals surface area (Å²) >= 11 is 0.420. The fraction of sp³-hybridized carbons (Fsp3) is 0.231. The lowest BCUT2D eigenvalue weighted by Gasteiger charge is -2.07. The number of hydrogen-bond donors (Lipinski definition) is 2. The number of amides is 1. The molecule has 2 aromatic rings. The van der Waals surface area contributed by atoms with Gasteiger partial charge in [0.15, 0.2) is 5.13 Å². The van der Waals surface area contributed by atoms with E-state index in [9.17, 15) is 26.7 Å². The monoisotopic (exact) mass is 351 g/mol. The summed E-state index contributed by atoms with van der Waals surface area (Å²) < 4.78 is 63.8. The van der Waals surface area contributed by atoms with Gasteiger partial charge in [0.2, 0.25) is 0 Å². The van der Waals surface area contributed by atoms with Crippen molar-refractivity contribution in [3.05, 3.63) is 46.5 Å². The molecule has 2 N–H and O–H groups in total. The first-order valence-electron chi connectivity index (χ1n) is 6.28. The van der Waals surface area contributed by atoms with E-state index in [1.165, 1.54) is 0 Å². The van der Waals surface area contributed by atoms with Crippen LogP contribution in [0.5, 0.6) is 0 Å². The predicted molar refractivity (Wildman–Crippen MR) is 74.3 cm³/mol. The third-order valence-corrected chi connectivity index (χ3v) is 3.66. The molecule has 0 bridgehead atoms. The molecule has 1 aromatic heterocycles. The number of anilines is 1. The number of hydrogen-bond acceptors (Lipinski definition) is 4. The molecule has 0 unspecified atom stereocenters. The van der Waals surface area contributed by atoms with Crippen molar-refractivity contribution in [1.29, 1.82) is 0 Å². The van der Waals surface area contributed by atoms with Crippen molar-refractivity contribution >= 4 is 22.4 Å². The van der Waals surface area contributed by atoms with Gasteiger partial charge in [-0.25, -0.2) is 13.8 Å². The van der Waals surface area contributed by atoms with Crippen LogP contribution >= 0.6 is 11.3 Å². The second kappa shape index (κ2) is 6.90. The Balaban J connectivity index is 1.84. The standard InChI is InChI=1S/C13H10F5N3OS/c14-7-2-1-3-8(15)10(7)11(22)19-4-5-20-12-21-6-9(23-12)13(16,17)18/h1-3,6H,4-5H2,(H,19,22)(H,20,21). The fourth-order valence-electron chi connectivity index (χ4n) is 1.64. The smallest absolute Gasteiger partial charge is 0.360 e. The van der Waals surface area contributed by atoms with E-state index in [1.54, 1.807) is 0 Å². The zero-order valence-corrected chi connectivity index (χ0v) is 12.2.